The van der Waals surface area contributed by atoms with Crippen LogP contribution in [0.15, 0.2) is 82.0 Å². The molecule has 2 aromatic carbocycles. The Balaban J connectivity index is 1.68. The van der Waals surface area contributed by atoms with Gasteiger partial charge in [-0.2, -0.15) is 0 Å². The maximum Gasteiger partial charge on any atom is 0.233 e. The predicted molar refractivity (Wildman–Crippen MR) is 108 cm³/mol. The second-order valence-corrected chi connectivity index (χ2v) is 7.31. The number of nitrogens with one attached hydrogen (secondary N) is 1. The maximum absolute atomic E-state index is 5.66. The van der Waals surface area contributed by atoms with Crippen LogP contribution >= 0.6 is 0 Å². The number of fused-ring (bicyclic) bond motifs is 1. The van der Waals surface area contributed by atoms with Crippen LogP contribution in [-0.2, 0) is 0 Å². The van der Waals surface area contributed by atoms with Gasteiger partial charge in [-0.15, -0.1) is 0 Å². The summed E-state index contributed by atoms with van der Waals surface area (Å²) in [5.41, 5.74) is 8.72. The first kappa shape index (κ1) is 16.1. The zero-order chi connectivity index (χ0) is 18.2. The average molecular weight is 354 g/mol. The van der Waals surface area contributed by atoms with Crippen molar-refractivity contribution in [2.45, 2.75) is 32.1 Å². The first-order chi connectivity index (χ1) is 13.3. The quantitative estimate of drug-likeness (QED) is 0.607. The lowest BCUT2D eigenvalue weighted by Crippen LogP contribution is -2.22. The molecule has 1 N–H and O–H groups in total. The summed E-state index contributed by atoms with van der Waals surface area (Å²) in [4.78, 5) is 0. The molecule has 3 nitrogen and oxygen atoms in total. The van der Waals surface area contributed by atoms with E-state index in [-0.39, 0.29) is 5.92 Å². The molecule has 0 saturated heterocycles. The highest BCUT2D eigenvalue weighted by molar-refractivity contribution is 5.70. The maximum atomic E-state index is 5.66. The molecular weight excluding hydrogens is 332 g/mol. The molecule has 27 heavy (non-hydrogen) atoms. The van der Waals surface area contributed by atoms with Gasteiger partial charge in [-0.3, -0.25) is 0 Å². The topological polar surface area (TPSA) is 38.1 Å². The van der Waals surface area contributed by atoms with Gasteiger partial charge in [0.25, 0.3) is 0 Å². The molecule has 1 aromatic heterocycles. The predicted octanol–water partition coefficient (Wildman–Crippen LogP) is 6.06. The Morgan fingerprint density at radius 1 is 1.00 bits per heavy atom. The highest BCUT2D eigenvalue weighted by Crippen LogP contribution is 2.49. The summed E-state index contributed by atoms with van der Waals surface area (Å²) < 4.78 is 5.66. The number of aromatic nitrogens is 1. The van der Waals surface area contributed by atoms with E-state index in [2.05, 4.69) is 77.2 Å². The first-order valence-electron chi connectivity index (χ1n) is 9.58. The minimum atomic E-state index is 0.211. The summed E-state index contributed by atoms with van der Waals surface area (Å²) in [6.07, 6.45) is 5.64. The number of aryl methyl sites for hydroxylation is 1. The summed E-state index contributed by atoms with van der Waals surface area (Å²) in [6.45, 7) is 2.04. The van der Waals surface area contributed by atoms with E-state index in [1.165, 1.54) is 40.0 Å². The molecule has 0 spiro atoms. The standard InChI is InChI=1S/C24H22N2O/c1-16-21-22(18-11-6-3-7-12-18)20-14-8-13-19(15-17-9-4-2-5-10-17)23(20)25-24(21)27-26-16/h2-7,9-12,15,22,25H,8,13-14H2,1H3/b19-15+. The fourth-order valence-electron chi connectivity index (χ4n) is 4.38. The van der Waals surface area contributed by atoms with Gasteiger partial charge in [0.05, 0.1) is 11.3 Å². The van der Waals surface area contributed by atoms with Crippen molar-refractivity contribution in [3.63, 3.8) is 0 Å². The molecule has 0 bridgehead atoms. The summed E-state index contributed by atoms with van der Waals surface area (Å²) >= 11 is 0. The fourth-order valence-corrected chi connectivity index (χ4v) is 4.38. The normalized spacial score (nSPS) is 20.2. The van der Waals surface area contributed by atoms with E-state index in [4.69, 9.17) is 4.52 Å². The molecule has 0 fully saturated rings. The van der Waals surface area contributed by atoms with Gasteiger partial charge in [-0.25, -0.2) is 0 Å². The van der Waals surface area contributed by atoms with Crippen molar-refractivity contribution < 1.29 is 4.52 Å². The van der Waals surface area contributed by atoms with Crippen LogP contribution in [0.1, 0.15) is 47.6 Å². The van der Waals surface area contributed by atoms with Crippen LogP contribution in [0.5, 0.6) is 0 Å². The van der Waals surface area contributed by atoms with Crippen LogP contribution in [0.4, 0.5) is 5.88 Å². The zero-order valence-corrected chi connectivity index (χ0v) is 15.4. The van der Waals surface area contributed by atoms with E-state index in [1.807, 2.05) is 6.92 Å². The first-order valence-corrected chi connectivity index (χ1v) is 9.58. The molecule has 1 aliphatic carbocycles. The van der Waals surface area contributed by atoms with Gasteiger partial charge in [0, 0.05) is 11.6 Å². The third-order valence-corrected chi connectivity index (χ3v) is 5.59. The third-order valence-electron chi connectivity index (χ3n) is 5.59. The molecule has 1 unspecified atom stereocenters. The summed E-state index contributed by atoms with van der Waals surface area (Å²) in [7, 11) is 0. The van der Waals surface area contributed by atoms with Crippen molar-refractivity contribution in [2.24, 2.45) is 0 Å². The Labute approximate surface area is 159 Å². The molecule has 1 atom stereocenters. The van der Waals surface area contributed by atoms with Gasteiger partial charge in [0.1, 0.15) is 0 Å². The highest BCUT2D eigenvalue weighted by atomic mass is 16.5. The van der Waals surface area contributed by atoms with Gasteiger partial charge < -0.3 is 9.84 Å². The third kappa shape index (κ3) is 2.80. The summed E-state index contributed by atoms with van der Waals surface area (Å²) in [5.74, 6) is 1.00. The second kappa shape index (κ2) is 6.58. The van der Waals surface area contributed by atoms with E-state index < -0.39 is 0 Å². The number of anilines is 1. The van der Waals surface area contributed by atoms with Crippen molar-refractivity contribution in [3.05, 3.63) is 99.9 Å². The molecule has 0 saturated carbocycles. The number of hydrogen-bond donors (Lipinski definition) is 1. The minimum Gasteiger partial charge on any atom is -0.338 e. The number of rotatable bonds is 2. The molecule has 1 aliphatic heterocycles. The molecule has 2 heterocycles. The summed E-state index contributed by atoms with van der Waals surface area (Å²) in [6, 6.07) is 21.3. The molecule has 3 aromatic rings. The average Bonchev–Trinajstić information content (AvgIpc) is 3.09. The molecule has 2 aliphatic rings. The van der Waals surface area contributed by atoms with Gasteiger partial charge >= 0.3 is 0 Å². The van der Waals surface area contributed by atoms with Crippen LogP contribution in [0.2, 0.25) is 0 Å². The monoisotopic (exact) mass is 354 g/mol. The van der Waals surface area contributed by atoms with Gasteiger partial charge in [-0.05, 0) is 54.5 Å². The Morgan fingerprint density at radius 3 is 2.52 bits per heavy atom. The molecule has 5 rings (SSSR count). The molecule has 3 heteroatoms. The zero-order valence-electron chi connectivity index (χ0n) is 15.4. The Hall–Kier alpha value is -3.07. The lowest BCUT2D eigenvalue weighted by Gasteiger charge is -2.33. The van der Waals surface area contributed by atoms with Gasteiger partial charge in [-0.1, -0.05) is 65.8 Å². The van der Waals surface area contributed by atoms with Crippen LogP contribution < -0.4 is 5.32 Å². The number of hydrogen-bond acceptors (Lipinski definition) is 3. The van der Waals surface area contributed by atoms with Crippen LogP contribution in [0, 0.1) is 6.92 Å². The van der Waals surface area contributed by atoms with Crippen LogP contribution in [0.25, 0.3) is 6.08 Å². The molecular formula is C24H22N2O. The van der Waals surface area contributed by atoms with Crippen molar-refractivity contribution >= 4 is 12.0 Å². The Bertz CT molecular complexity index is 1030. The van der Waals surface area contributed by atoms with E-state index in [0.29, 0.717) is 0 Å². The number of allylic oxidation sites excluding steroid dienone is 2. The summed E-state index contributed by atoms with van der Waals surface area (Å²) in [5, 5.41) is 7.83. The van der Waals surface area contributed by atoms with Crippen LogP contribution in [-0.4, -0.2) is 5.16 Å². The van der Waals surface area contributed by atoms with Crippen molar-refractivity contribution in [2.75, 3.05) is 5.32 Å². The van der Waals surface area contributed by atoms with E-state index in [1.54, 1.807) is 0 Å². The lowest BCUT2D eigenvalue weighted by molar-refractivity contribution is 0.427. The largest absolute Gasteiger partial charge is 0.338 e. The van der Waals surface area contributed by atoms with Gasteiger partial charge in [0.2, 0.25) is 5.88 Å². The van der Waals surface area contributed by atoms with Gasteiger partial charge in [0.15, 0.2) is 0 Å². The molecule has 0 amide bonds. The second-order valence-electron chi connectivity index (χ2n) is 7.31. The minimum absolute atomic E-state index is 0.211. The van der Waals surface area contributed by atoms with E-state index in [9.17, 15) is 0 Å². The van der Waals surface area contributed by atoms with Crippen molar-refractivity contribution in [1.82, 2.24) is 5.16 Å². The molecule has 134 valence electrons. The van der Waals surface area contributed by atoms with Crippen molar-refractivity contribution in [1.29, 1.82) is 0 Å². The van der Waals surface area contributed by atoms with Crippen LogP contribution in [0.3, 0.4) is 0 Å². The Kier molecular flexibility index (Phi) is 3.93. The fraction of sp³-hybridized carbons (Fsp3) is 0.208. The van der Waals surface area contributed by atoms with E-state index >= 15 is 0 Å². The van der Waals surface area contributed by atoms with Crippen molar-refractivity contribution in [3.8, 4) is 0 Å². The highest BCUT2D eigenvalue weighted by Gasteiger charge is 2.36. The molecule has 0 radical (unpaired) electrons. The van der Waals surface area contributed by atoms with E-state index in [0.717, 1.165) is 24.4 Å². The lowest BCUT2D eigenvalue weighted by atomic mass is 9.75. The Morgan fingerprint density at radius 2 is 1.74 bits per heavy atom. The number of nitrogens with zero attached hydrogens (tertiary/aromatic N) is 1. The smallest absolute Gasteiger partial charge is 0.233 e. The number of benzene rings is 2. The SMILES string of the molecule is Cc1noc2c1C(c1ccccc1)C1=C(N2)/C(=C/c2ccccc2)CCC1.